The molecule has 0 N–H and O–H groups in total. The van der Waals surface area contributed by atoms with E-state index in [1.165, 1.54) is 25.7 Å². The summed E-state index contributed by atoms with van der Waals surface area (Å²) in [5, 5.41) is 0. The van der Waals surface area contributed by atoms with Crippen LogP contribution in [0.3, 0.4) is 0 Å². The maximum Gasteiger partial charge on any atom is 0.277 e. The highest BCUT2D eigenvalue weighted by Gasteiger charge is 2.23. The monoisotopic (exact) mass is 447 g/mol. The van der Waals surface area contributed by atoms with E-state index in [1.54, 1.807) is 6.20 Å². The zero-order valence-corrected chi connectivity index (χ0v) is 20.5. The molecule has 3 aromatic rings. The van der Waals surface area contributed by atoms with Crippen molar-refractivity contribution in [2.75, 3.05) is 25.5 Å². The average molecular weight is 448 g/mol. The van der Waals surface area contributed by atoms with Gasteiger partial charge >= 0.3 is 0 Å². The Morgan fingerprint density at radius 1 is 0.970 bits per heavy atom. The number of rotatable bonds is 8. The molecule has 1 aliphatic heterocycles. The summed E-state index contributed by atoms with van der Waals surface area (Å²) in [5.41, 5.74) is 2.95. The molecule has 2 aromatic heterocycles. The van der Waals surface area contributed by atoms with Crippen LogP contribution in [0.25, 0.3) is 22.3 Å². The third kappa shape index (κ3) is 5.27. The number of hydrogen-bond acceptors (Lipinski definition) is 5. The van der Waals surface area contributed by atoms with Crippen molar-refractivity contribution in [2.24, 2.45) is 0 Å². The molecule has 0 spiro atoms. The van der Waals surface area contributed by atoms with E-state index in [0.717, 1.165) is 41.8 Å². The molecule has 6 nitrogen and oxygen atoms in total. The number of fused-ring (bicyclic) bond motifs is 1. The predicted molar refractivity (Wildman–Crippen MR) is 137 cm³/mol. The van der Waals surface area contributed by atoms with Gasteiger partial charge < -0.3 is 9.47 Å². The Bertz CT molecular complexity index is 1110. The first-order chi connectivity index (χ1) is 16.0. The molecule has 2 atom stereocenters. The summed E-state index contributed by atoms with van der Waals surface area (Å²) >= 11 is 0. The summed E-state index contributed by atoms with van der Waals surface area (Å²) in [4.78, 5) is 27.3. The summed E-state index contributed by atoms with van der Waals surface area (Å²) in [6.45, 7) is 6.59. The minimum atomic E-state index is -0.0358. The second kappa shape index (κ2) is 10.5. The van der Waals surface area contributed by atoms with Crippen LogP contribution in [-0.2, 0) is 6.54 Å². The van der Waals surface area contributed by atoms with Crippen LogP contribution in [0, 0.1) is 0 Å². The van der Waals surface area contributed by atoms with Gasteiger partial charge in [-0.25, -0.2) is 9.97 Å². The van der Waals surface area contributed by atoms with Gasteiger partial charge in [-0.1, -0.05) is 25.0 Å². The van der Waals surface area contributed by atoms with Gasteiger partial charge in [0, 0.05) is 44.5 Å². The van der Waals surface area contributed by atoms with Gasteiger partial charge in [0.15, 0.2) is 0 Å². The van der Waals surface area contributed by atoms with E-state index >= 15 is 0 Å². The van der Waals surface area contributed by atoms with E-state index in [1.807, 2.05) is 60.0 Å². The number of para-hydroxylation sites is 2. The molecule has 1 aromatic carbocycles. The maximum absolute atomic E-state index is 13.5. The highest BCUT2D eigenvalue weighted by molar-refractivity contribution is 5.77. The molecular weight excluding hydrogens is 410 g/mol. The zero-order chi connectivity index (χ0) is 23.4. The molecule has 0 saturated carbocycles. The molecule has 1 saturated heterocycles. The van der Waals surface area contributed by atoms with Crippen molar-refractivity contribution >= 4 is 16.9 Å². The minimum absolute atomic E-state index is 0.0358. The molecule has 0 bridgehead atoms. The third-order valence-corrected chi connectivity index (χ3v) is 7.01. The molecule has 0 amide bonds. The fraction of sp³-hybridized carbons (Fsp3) is 0.519. The Hall–Kier alpha value is -2.73. The van der Waals surface area contributed by atoms with Crippen LogP contribution in [0.4, 0.5) is 5.82 Å². The fourth-order valence-electron chi connectivity index (χ4n) is 5.05. The van der Waals surface area contributed by atoms with E-state index in [0.29, 0.717) is 24.3 Å². The molecule has 3 heterocycles. The molecule has 0 radical (unpaired) electrons. The Morgan fingerprint density at radius 2 is 1.70 bits per heavy atom. The number of anilines is 1. The van der Waals surface area contributed by atoms with Crippen molar-refractivity contribution in [1.29, 1.82) is 0 Å². The lowest BCUT2D eigenvalue weighted by Gasteiger charge is -2.39. The number of unbranched alkanes of at least 4 members (excludes halogenated alkanes) is 2. The number of pyridine rings is 1. The van der Waals surface area contributed by atoms with Gasteiger partial charge in [-0.2, -0.15) is 0 Å². The number of aromatic nitrogens is 3. The van der Waals surface area contributed by atoms with Gasteiger partial charge in [-0.3, -0.25) is 9.69 Å². The zero-order valence-electron chi connectivity index (χ0n) is 20.5. The van der Waals surface area contributed by atoms with Crippen LogP contribution in [0.1, 0.15) is 52.4 Å². The highest BCUT2D eigenvalue weighted by atomic mass is 16.1. The van der Waals surface area contributed by atoms with Crippen molar-refractivity contribution in [3.63, 3.8) is 0 Å². The van der Waals surface area contributed by atoms with Crippen LogP contribution in [0.15, 0.2) is 47.4 Å². The normalized spacial score (nSPS) is 19.2. The molecule has 6 heteroatoms. The third-order valence-electron chi connectivity index (χ3n) is 7.01. The van der Waals surface area contributed by atoms with Crippen LogP contribution < -0.4 is 10.5 Å². The lowest BCUT2D eigenvalue weighted by Crippen LogP contribution is -2.44. The standard InChI is InChI=1S/C27H37N5O/c1-20-11-10-12-21(2)31(20)17-8-5-9-18-32-24-14-7-6-13-23(24)29-26(27(32)33)22-15-16-25(28-19-22)30(3)4/h6-7,13-16,19-21H,5,8-12,17-18H2,1-4H3. The Labute approximate surface area is 197 Å². The number of piperidine rings is 1. The van der Waals surface area contributed by atoms with Gasteiger partial charge in [-0.15, -0.1) is 0 Å². The quantitative estimate of drug-likeness (QED) is 0.457. The molecule has 2 unspecified atom stereocenters. The fourth-order valence-corrected chi connectivity index (χ4v) is 5.05. The van der Waals surface area contributed by atoms with E-state index in [-0.39, 0.29) is 5.56 Å². The second-order valence-electron chi connectivity index (χ2n) is 9.63. The van der Waals surface area contributed by atoms with Crippen LogP contribution >= 0.6 is 0 Å². The summed E-state index contributed by atoms with van der Waals surface area (Å²) in [5.74, 6) is 0.859. The van der Waals surface area contributed by atoms with Crippen molar-refractivity contribution in [3.05, 3.63) is 52.9 Å². The number of aryl methyl sites for hydroxylation is 1. The van der Waals surface area contributed by atoms with Gasteiger partial charge in [-0.05, 0) is 70.3 Å². The van der Waals surface area contributed by atoms with E-state index in [9.17, 15) is 4.79 Å². The van der Waals surface area contributed by atoms with Crippen molar-refractivity contribution < 1.29 is 0 Å². The van der Waals surface area contributed by atoms with Crippen molar-refractivity contribution in [1.82, 2.24) is 19.4 Å². The van der Waals surface area contributed by atoms with Crippen molar-refractivity contribution in [2.45, 2.75) is 71.0 Å². The highest BCUT2D eigenvalue weighted by Crippen LogP contribution is 2.23. The van der Waals surface area contributed by atoms with Crippen LogP contribution in [-0.4, -0.2) is 52.2 Å². The minimum Gasteiger partial charge on any atom is -0.363 e. The number of benzene rings is 1. The summed E-state index contributed by atoms with van der Waals surface area (Å²) in [7, 11) is 3.91. The van der Waals surface area contributed by atoms with Crippen molar-refractivity contribution in [3.8, 4) is 11.3 Å². The first kappa shape index (κ1) is 23.4. The van der Waals surface area contributed by atoms with Crippen LogP contribution in [0.2, 0.25) is 0 Å². The smallest absolute Gasteiger partial charge is 0.277 e. The number of hydrogen-bond donors (Lipinski definition) is 0. The molecule has 1 aliphatic rings. The first-order valence-electron chi connectivity index (χ1n) is 12.3. The van der Waals surface area contributed by atoms with Gasteiger partial charge in [0.2, 0.25) is 0 Å². The Balaban J connectivity index is 1.49. The largest absolute Gasteiger partial charge is 0.363 e. The molecule has 4 rings (SSSR count). The number of likely N-dealkylation sites (tertiary alicyclic amines) is 1. The van der Waals surface area contributed by atoms with E-state index in [4.69, 9.17) is 4.98 Å². The van der Waals surface area contributed by atoms with E-state index in [2.05, 4.69) is 23.7 Å². The van der Waals surface area contributed by atoms with Gasteiger partial charge in [0.05, 0.1) is 11.0 Å². The molecule has 33 heavy (non-hydrogen) atoms. The predicted octanol–water partition coefficient (Wildman–Crippen LogP) is 4.96. The molecule has 0 aliphatic carbocycles. The molecule has 176 valence electrons. The van der Waals surface area contributed by atoms with Gasteiger partial charge in [0.1, 0.15) is 11.5 Å². The Morgan fingerprint density at radius 3 is 2.39 bits per heavy atom. The molecule has 1 fully saturated rings. The lowest BCUT2D eigenvalue weighted by molar-refractivity contribution is 0.101. The number of nitrogens with zero attached hydrogens (tertiary/aromatic N) is 5. The average Bonchev–Trinajstić information content (AvgIpc) is 2.81. The summed E-state index contributed by atoms with van der Waals surface area (Å²) in [6.07, 6.45) is 9.02. The van der Waals surface area contributed by atoms with Gasteiger partial charge in [0.25, 0.3) is 5.56 Å². The SMILES string of the molecule is CC1CCCC(C)N1CCCCCn1c(=O)c(-c2ccc(N(C)C)nc2)nc2ccccc21. The topological polar surface area (TPSA) is 54.3 Å². The first-order valence-corrected chi connectivity index (χ1v) is 12.3. The maximum atomic E-state index is 13.5. The summed E-state index contributed by atoms with van der Waals surface area (Å²) < 4.78 is 1.91. The molecular formula is C27H37N5O. The lowest BCUT2D eigenvalue weighted by atomic mass is 9.97. The van der Waals surface area contributed by atoms with E-state index < -0.39 is 0 Å². The van der Waals surface area contributed by atoms with Crippen LogP contribution in [0.5, 0.6) is 0 Å². The Kier molecular flexibility index (Phi) is 7.43. The second-order valence-corrected chi connectivity index (χ2v) is 9.63. The summed E-state index contributed by atoms with van der Waals surface area (Å²) in [6, 6.07) is 13.2.